The first kappa shape index (κ1) is 15.5. The Labute approximate surface area is 125 Å². The lowest BCUT2D eigenvalue weighted by atomic mass is 9.96. The van der Waals surface area contributed by atoms with Crippen LogP contribution in [0.1, 0.15) is 19.3 Å². The summed E-state index contributed by atoms with van der Waals surface area (Å²) in [6.45, 7) is 2.03. The van der Waals surface area contributed by atoms with Crippen LogP contribution in [0.25, 0.3) is 0 Å². The average molecular weight is 289 g/mol. The monoisotopic (exact) mass is 289 g/mol. The third-order valence-electron chi connectivity index (χ3n) is 3.73. The molecule has 0 aromatic heterocycles. The van der Waals surface area contributed by atoms with Crippen LogP contribution >= 0.6 is 0 Å². The summed E-state index contributed by atoms with van der Waals surface area (Å²) in [7, 11) is 1.68. The van der Waals surface area contributed by atoms with Crippen LogP contribution < -0.4 is 10.6 Å². The van der Waals surface area contributed by atoms with Gasteiger partial charge in [0.2, 0.25) is 11.8 Å². The van der Waals surface area contributed by atoms with E-state index in [0.29, 0.717) is 12.3 Å². The number of rotatable bonds is 5. The van der Waals surface area contributed by atoms with Gasteiger partial charge in [-0.15, -0.1) is 0 Å². The number of likely N-dealkylation sites (N-methyl/N-ethyl adjacent to an activating group) is 1. The van der Waals surface area contributed by atoms with E-state index in [9.17, 15) is 9.59 Å². The fraction of sp³-hybridized carbons (Fsp3) is 0.500. The number of benzene rings is 1. The van der Waals surface area contributed by atoms with Crippen LogP contribution in [0.15, 0.2) is 30.3 Å². The highest BCUT2D eigenvalue weighted by molar-refractivity contribution is 5.94. The second kappa shape index (κ2) is 7.78. The molecule has 0 spiro atoms. The summed E-state index contributed by atoms with van der Waals surface area (Å²) in [5.74, 6) is 0.261. The maximum atomic E-state index is 12.1. The summed E-state index contributed by atoms with van der Waals surface area (Å²) in [5, 5.41) is 6.09. The van der Waals surface area contributed by atoms with E-state index < -0.39 is 0 Å². The number of carbonyl (C=O) groups is 2. The summed E-state index contributed by atoms with van der Waals surface area (Å²) in [6, 6.07) is 9.27. The highest BCUT2D eigenvalue weighted by Gasteiger charge is 2.20. The van der Waals surface area contributed by atoms with Crippen molar-refractivity contribution in [1.82, 2.24) is 10.2 Å². The Morgan fingerprint density at radius 1 is 1.33 bits per heavy atom. The average Bonchev–Trinajstić information content (AvgIpc) is 2.49. The van der Waals surface area contributed by atoms with E-state index in [1.165, 1.54) is 4.90 Å². The zero-order valence-corrected chi connectivity index (χ0v) is 12.5. The van der Waals surface area contributed by atoms with Crippen LogP contribution in [0.2, 0.25) is 0 Å². The van der Waals surface area contributed by atoms with Crippen LogP contribution in [0.4, 0.5) is 5.69 Å². The molecule has 2 N–H and O–H groups in total. The van der Waals surface area contributed by atoms with Crippen molar-refractivity contribution in [2.75, 3.05) is 32.0 Å². The number of nitrogens with zero attached hydrogens (tertiary/aromatic N) is 1. The van der Waals surface area contributed by atoms with Crippen LogP contribution in [0.3, 0.4) is 0 Å². The minimum absolute atomic E-state index is 0.0342. The number of piperidine rings is 1. The predicted molar refractivity (Wildman–Crippen MR) is 82.9 cm³/mol. The Balaban J connectivity index is 1.75. The molecule has 0 saturated carbocycles. The molecule has 1 aromatic carbocycles. The molecular weight excluding hydrogens is 266 g/mol. The fourth-order valence-electron chi connectivity index (χ4n) is 2.53. The summed E-state index contributed by atoms with van der Waals surface area (Å²) >= 11 is 0. The third kappa shape index (κ3) is 5.19. The number of hydrogen-bond donors (Lipinski definition) is 2. The number of hydrogen-bond acceptors (Lipinski definition) is 3. The highest BCUT2D eigenvalue weighted by Crippen LogP contribution is 2.15. The number of amides is 2. The molecule has 0 aliphatic carbocycles. The molecule has 1 saturated heterocycles. The van der Waals surface area contributed by atoms with Gasteiger partial charge in [0.1, 0.15) is 0 Å². The van der Waals surface area contributed by atoms with Gasteiger partial charge in [0.25, 0.3) is 0 Å². The van der Waals surface area contributed by atoms with E-state index in [1.54, 1.807) is 7.05 Å². The van der Waals surface area contributed by atoms with E-state index in [-0.39, 0.29) is 18.4 Å². The molecule has 1 heterocycles. The Kier molecular flexibility index (Phi) is 5.75. The smallest absolute Gasteiger partial charge is 0.243 e. The Morgan fingerprint density at radius 3 is 2.76 bits per heavy atom. The Bertz CT molecular complexity index is 470. The van der Waals surface area contributed by atoms with Crippen molar-refractivity contribution in [3.05, 3.63) is 30.3 Å². The Hall–Kier alpha value is -1.88. The molecule has 0 bridgehead atoms. The lowest BCUT2D eigenvalue weighted by Crippen LogP contribution is -2.38. The normalized spacial score (nSPS) is 18.0. The molecule has 2 rings (SSSR count). The molecule has 0 radical (unpaired) electrons. The van der Waals surface area contributed by atoms with E-state index >= 15 is 0 Å². The van der Waals surface area contributed by atoms with Gasteiger partial charge in [-0.2, -0.15) is 0 Å². The molecule has 21 heavy (non-hydrogen) atoms. The molecule has 1 atom stereocenters. The molecule has 1 fully saturated rings. The van der Waals surface area contributed by atoms with Crippen molar-refractivity contribution in [3.63, 3.8) is 0 Å². The van der Waals surface area contributed by atoms with Crippen molar-refractivity contribution < 1.29 is 9.59 Å². The zero-order chi connectivity index (χ0) is 15.1. The van der Waals surface area contributed by atoms with Crippen LogP contribution in [-0.2, 0) is 9.59 Å². The molecular formula is C16H23N3O2. The van der Waals surface area contributed by atoms with Gasteiger partial charge >= 0.3 is 0 Å². The first-order valence-electron chi connectivity index (χ1n) is 7.44. The van der Waals surface area contributed by atoms with E-state index in [1.807, 2.05) is 30.3 Å². The van der Waals surface area contributed by atoms with Gasteiger partial charge in [0.05, 0.1) is 6.54 Å². The number of nitrogens with one attached hydrogen (secondary N) is 2. The van der Waals surface area contributed by atoms with Gasteiger partial charge < -0.3 is 15.5 Å². The SMILES string of the molecule is CN(CC(=O)Nc1ccccc1)C(=O)CC1CCCNC1. The van der Waals surface area contributed by atoms with Crippen LogP contribution in [-0.4, -0.2) is 43.4 Å². The minimum Gasteiger partial charge on any atom is -0.336 e. The molecule has 2 amide bonds. The molecule has 1 aliphatic heterocycles. The van der Waals surface area contributed by atoms with E-state index in [2.05, 4.69) is 10.6 Å². The zero-order valence-electron chi connectivity index (χ0n) is 12.5. The lowest BCUT2D eigenvalue weighted by Gasteiger charge is -2.24. The van der Waals surface area contributed by atoms with Crippen molar-refractivity contribution in [1.29, 1.82) is 0 Å². The summed E-state index contributed by atoms with van der Waals surface area (Å²) in [5.41, 5.74) is 0.750. The van der Waals surface area contributed by atoms with Gasteiger partial charge in [0.15, 0.2) is 0 Å². The van der Waals surface area contributed by atoms with E-state index in [4.69, 9.17) is 0 Å². The first-order valence-corrected chi connectivity index (χ1v) is 7.44. The molecule has 1 aromatic rings. The molecule has 5 nitrogen and oxygen atoms in total. The van der Waals surface area contributed by atoms with Crippen LogP contribution in [0.5, 0.6) is 0 Å². The molecule has 114 valence electrons. The van der Waals surface area contributed by atoms with Crippen LogP contribution in [0, 0.1) is 5.92 Å². The maximum Gasteiger partial charge on any atom is 0.243 e. The number of anilines is 1. The van der Waals surface area contributed by atoms with Crippen molar-refractivity contribution >= 4 is 17.5 Å². The fourth-order valence-corrected chi connectivity index (χ4v) is 2.53. The molecule has 1 unspecified atom stereocenters. The predicted octanol–water partition coefficient (Wildman–Crippen LogP) is 1.47. The van der Waals surface area contributed by atoms with Gasteiger partial charge in [-0.05, 0) is 44.0 Å². The summed E-state index contributed by atoms with van der Waals surface area (Å²) in [6.07, 6.45) is 2.72. The van der Waals surface area contributed by atoms with Crippen molar-refractivity contribution in [3.8, 4) is 0 Å². The standard InChI is InChI=1S/C16H23N3O2/c1-19(16(21)10-13-6-5-9-17-11-13)12-15(20)18-14-7-3-2-4-8-14/h2-4,7-8,13,17H,5-6,9-12H2,1H3,(H,18,20). The Morgan fingerprint density at radius 2 is 2.10 bits per heavy atom. The van der Waals surface area contributed by atoms with Crippen molar-refractivity contribution in [2.45, 2.75) is 19.3 Å². The third-order valence-corrected chi connectivity index (χ3v) is 3.73. The van der Waals surface area contributed by atoms with Gasteiger partial charge in [-0.1, -0.05) is 18.2 Å². The van der Waals surface area contributed by atoms with E-state index in [0.717, 1.165) is 31.6 Å². The molecule has 1 aliphatic rings. The first-order chi connectivity index (χ1) is 10.1. The lowest BCUT2D eigenvalue weighted by molar-refractivity contribution is -0.134. The second-order valence-corrected chi connectivity index (χ2v) is 5.58. The summed E-state index contributed by atoms with van der Waals surface area (Å²) < 4.78 is 0. The van der Waals surface area contributed by atoms with Crippen molar-refractivity contribution in [2.24, 2.45) is 5.92 Å². The largest absolute Gasteiger partial charge is 0.336 e. The van der Waals surface area contributed by atoms with Gasteiger partial charge in [-0.3, -0.25) is 9.59 Å². The second-order valence-electron chi connectivity index (χ2n) is 5.58. The quantitative estimate of drug-likeness (QED) is 0.863. The van der Waals surface area contributed by atoms with Gasteiger partial charge in [-0.25, -0.2) is 0 Å². The topological polar surface area (TPSA) is 61.4 Å². The minimum atomic E-state index is -0.168. The highest BCUT2D eigenvalue weighted by atomic mass is 16.2. The molecule has 5 heteroatoms. The number of para-hydroxylation sites is 1. The van der Waals surface area contributed by atoms with Gasteiger partial charge in [0, 0.05) is 19.2 Å². The number of carbonyl (C=O) groups excluding carboxylic acids is 2. The summed E-state index contributed by atoms with van der Waals surface area (Å²) in [4.78, 5) is 25.5. The maximum absolute atomic E-state index is 12.1.